The molecule has 2 amide bonds. The number of likely N-dealkylation sites (tertiary alicyclic amines) is 1. The van der Waals surface area contributed by atoms with Crippen LogP contribution in [0.15, 0.2) is 12.1 Å². The molecule has 1 aromatic rings. The van der Waals surface area contributed by atoms with Crippen molar-refractivity contribution in [3.05, 3.63) is 17.7 Å². The molecule has 1 heterocycles. The van der Waals surface area contributed by atoms with Gasteiger partial charge in [0.1, 0.15) is 0 Å². The second-order valence-corrected chi connectivity index (χ2v) is 7.20. The Hall–Kier alpha value is -2.97. The molecule has 152 valence electrons. The van der Waals surface area contributed by atoms with Crippen LogP contribution in [0.5, 0.6) is 17.2 Å². The summed E-state index contributed by atoms with van der Waals surface area (Å²) < 4.78 is 15.9. The molecule has 3 rings (SSSR count). The molecule has 0 aromatic heterocycles. The van der Waals surface area contributed by atoms with Gasteiger partial charge in [0.05, 0.1) is 19.6 Å². The normalized spacial score (nSPS) is 23.2. The average molecular weight is 392 g/mol. The van der Waals surface area contributed by atoms with Gasteiger partial charge in [0.15, 0.2) is 18.1 Å². The van der Waals surface area contributed by atoms with Crippen LogP contribution >= 0.6 is 0 Å². The quantitative estimate of drug-likeness (QED) is 0.705. The van der Waals surface area contributed by atoms with Gasteiger partial charge >= 0.3 is 5.97 Å². The Morgan fingerprint density at radius 3 is 2.39 bits per heavy atom. The molecule has 2 atom stereocenters. The number of carbonyl (C=O) groups excluding carboxylic acids is 2. The van der Waals surface area contributed by atoms with E-state index >= 15 is 0 Å². The highest BCUT2D eigenvalue weighted by atomic mass is 16.5. The van der Waals surface area contributed by atoms with Crippen molar-refractivity contribution in [2.75, 3.05) is 33.9 Å². The van der Waals surface area contributed by atoms with Crippen molar-refractivity contribution in [2.45, 2.75) is 19.3 Å². The van der Waals surface area contributed by atoms with E-state index in [0.717, 1.165) is 12.8 Å². The minimum Gasteiger partial charge on any atom is -0.493 e. The third kappa shape index (κ3) is 3.32. The minimum atomic E-state index is -0.853. The first-order valence-electron chi connectivity index (χ1n) is 9.02. The third-order valence-corrected chi connectivity index (χ3v) is 5.65. The van der Waals surface area contributed by atoms with Crippen molar-refractivity contribution < 1.29 is 33.7 Å². The molecule has 28 heavy (non-hydrogen) atoms. The molecule has 0 bridgehead atoms. The minimum absolute atomic E-state index is 0.0316. The highest BCUT2D eigenvalue weighted by molar-refractivity contribution is 5.96. The number of methoxy groups -OCH3 is 2. The van der Waals surface area contributed by atoms with E-state index in [1.165, 1.54) is 26.4 Å². The number of fused-ring (bicyclic) bond motifs is 1. The monoisotopic (exact) mass is 392 g/mol. The Labute approximate surface area is 162 Å². The first-order valence-corrected chi connectivity index (χ1v) is 9.02. The van der Waals surface area contributed by atoms with Crippen LogP contribution in [0.4, 0.5) is 0 Å². The summed E-state index contributed by atoms with van der Waals surface area (Å²) in [4.78, 5) is 37.5. The average Bonchev–Trinajstić information content (AvgIpc) is 3.23. The molecule has 0 spiro atoms. The molecule has 1 aliphatic heterocycles. The Kier molecular flexibility index (Phi) is 5.35. The maximum atomic E-state index is 13.1. The summed E-state index contributed by atoms with van der Waals surface area (Å²) in [6.07, 6.45) is 2.26. The predicted molar refractivity (Wildman–Crippen MR) is 97.5 cm³/mol. The fraction of sp³-hybridized carbons (Fsp3) is 0.526. The number of hydrogen-bond acceptors (Lipinski definition) is 6. The molecule has 2 aliphatic rings. The third-order valence-electron chi connectivity index (χ3n) is 5.65. The molecule has 0 unspecified atom stereocenters. The van der Waals surface area contributed by atoms with Crippen molar-refractivity contribution in [3.8, 4) is 17.2 Å². The Balaban J connectivity index is 1.88. The van der Waals surface area contributed by atoms with Crippen molar-refractivity contribution in [1.82, 2.24) is 4.90 Å². The number of benzene rings is 1. The van der Waals surface area contributed by atoms with Gasteiger partial charge in [0.2, 0.25) is 5.75 Å². The smallest absolute Gasteiger partial charge is 0.311 e. The lowest BCUT2D eigenvalue weighted by atomic mass is 9.81. The summed E-state index contributed by atoms with van der Waals surface area (Å²) >= 11 is 0. The van der Waals surface area contributed by atoms with Gasteiger partial charge in [-0.1, -0.05) is 6.42 Å². The molecule has 2 fully saturated rings. The van der Waals surface area contributed by atoms with E-state index in [1.807, 2.05) is 0 Å². The zero-order chi connectivity index (χ0) is 20.5. The van der Waals surface area contributed by atoms with Crippen LogP contribution in [0, 0.1) is 11.3 Å². The molecule has 3 N–H and O–H groups in total. The predicted octanol–water partition coefficient (Wildman–Crippen LogP) is 0.895. The molecular formula is C19H24N2O7. The molecule has 1 aliphatic carbocycles. The highest BCUT2D eigenvalue weighted by Crippen LogP contribution is 2.49. The Morgan fingerprint density at radius 2 is 1.89 bits per heavy atom. The summed E-state index contributed by atoms with van der Waals surface area (Å²) in [6.45, 7) is 0.237. The maximum Gasteiger partial charge on any atom is 0.311 e. The number of rotatable bonds is 7. The number of carboxylic acids is 1. The zero-order valence-electron chi connectivity index (χ0n) is 15.9. The molecule has 9 heteroatoms. The lowest BCUT2D eigenvalue weighted by Gasteiger charge is -2.23. The van der Waals surface area contributed by atoms with E-state index in [9.17, 15) is 19.5 Å². The lowest BCUT2D eigenvalue weighted by molar-refractivity contribution is -0.149. The number of primary amides is 1. The van der Waals surface area contributed by atoms with E-state index in [1.54, 1.807) is 4.90 Å². The number of amides is 2. The van der Waals surface area contributed by atoms with Gasteiger partial charge in [0, 0.05) is 18.7 Å². The fourth-order valence-electron chi connectivity index (χ4n) is 4.27. The topological polar surface area (TPSA) is 128 Å². The van der Waals surface area contributed by atoms with Crippen LogP contribution in [-0.2, 0) is 9.59 Å². The van der Waals surface area contributed by atoms with Gasteiger partial charge in [-0.25, -0.2) is 0 Å². The van der Waals surface area contributed by atoms with E-state index in [2.05, 4.69) is 0 Å². The lowest BCUT2D eigenvalue weighted by Crippen LogP contribution is -2.37. The fourth-order valence-corrected chi connectivity index (χ4v) is 4.27. The van der Waals surface area contributed by atoms with Crippen molar-refractivity contribution in [3.63, 3.8) is 0 Å². The summed E-state index contributed by atoms with van der Waals surface area (Å²) in [5, 5.41) is 9.72. The molecule has 1 aromatic carbocycles. The SMILES string of the molecule is COc1cc(C(=O)N2C[C@@H]3CCC[C@@]3(C(=O)O)C2)cc(OC)c1OCC(N)=O. The highest BCUT2D eigenvalue weighted by Gasteiger charge is 2.55. The number of aliphatic carboxylic acids is 1. The van der Waals surface area contributed by atoms with Crippen LogP contribution in [0.25, 0.3) is 0 Å². The summed E-state index contributed by atoms with van der Waals surface area (Å²) in [6, 6.07) is 2.98. The zero-order valence-corrected chi connectivity index (χ0v) is 15.9. The van der Waals surface area contributed by atoms with E-state index in [0.29, 0.717) is 18.5 Å². The molecule has 0 radical (unpaired) electrons. The van der Waals surface area contributed by atoms with Crippen molar-refractivity contribution in [2.24, 2.45) is 17.1 Å². The summed E-state index contributed by atoms with van der Waals surface area (Å²) in [7, 11) is 2.81. The second-order valence-electron chi connectivity index (χ2n) is 7.20. The number of carboxylic acid groups (broad SMARTS) is 1. The van der Waals surface area contributed by atoms with Gasteiger partial charge in [-0.2, -0.15) is 0 Å². The molecule has 1 saturated carbocycles. The Bertz CT molecular complexity index is 784. The van der Waals surface area contributed by atoms with Crippen LogP contribution in [-0.4, -0.2) is 61.7 Å². The summed E-state index contributed by atoms with van der Waals surface area (Å²) in [5.41, 5.74) is 4.55. The largest absolute Gasteiger partial charge is 0.493 e. The number of hydrogen-bond donors (Lipinski definition) is 2. The number of carbonyl (C=O) groups is 3. The number of nitrogens with zero attached hydrogens (tertiary/aromatic N) is 1. The van der Waals surface area contributed by atoms with E-state index < -0.39 is 17.3 Å². The second kappa shape index (κ2) is 7.57. The maximum absolute atomic E-state index is 13.1. The van der Waals surface area contributed by atoms with Crippen molar-refractivity contribution in [1.29, 1.82) is 0 Å². The standard InChI is InChI=1S/C19H24N2O7/c1-26-13-6-11(7-14(27-2)16(13)28-9-15(20)22)17(23)21-8-12-4-3-5-19(12,10-21)18(24)25/h6-7,12H,3-5,8-10H2,1-2H3,(H2,20,22)(H,24,25)/t12-,19+/m0/s1. The van der Waals surface area contributed by atoms with Crippen LogP contribution in [0.3, 0.4) is 0 Å². The molecular weight excluding hydrogens is 368 g/mol. The van der Waals surface area contributed by atoms with E-state index in [-0.39, 0.29) is 42.2 Å². The number of ether oxygens (including phenoxy) is 3. The van der Waals surface area contributed by atoms with Gasteiger partial charge < -0.3 is 30.0 Å². The van der Waals surface area contributed by atoms with E-state index in [4.69, 9.17) is 19.9 Å². The first-order chi connectivity index (χ1) is 13.3. The van der Waals surface area contributed by atoms with Gasteiger partial charge in [-0.05, 0) is 30.9 Å². The number of nitrogens with two attached hydrogens (primary N) is 1. The van der Waals surface area contributed by atoms with Crippen LogP contribution < -0.4 is 19.9 Å². The Morgan fingerprint density at radius 1 is 1.25 bits per heavy atom. The van der Waals surface area contributed by atoms with Crippen LogP contribution in [0.2, 0.25) is 0 Å². The molecule has 9 nitrogen and oxygen atoms in total. The van der Waals surface area contributed by atoms with Crippen molar-refractivity contribution >= 4 is 17.8 Å². The summed E-state index contributed by atoms with van der Waals surface area (Å²) in [5.74, 6) is -1.22. The van der Waals surface area contributed by atoms with Gasteiger partial charge in [-0.3, -0.25) is 14.4 Å². The van der Waals surface area contributed by atoms with Gasteiger partial charge in [-0.15, -0.1) is 0 Å². The van der Waals surface area contributed by atoms with Crippen LogP contribution in [0.1, 0.15) is 29.6 Å². The van der Waals surface area contributed by atoms with Gasteiger partial charge in [0.25, 0.3) is 11.8 Å². The first kappa shape index (κ1) is 19.8. The molecule has 1 saturated heterocycles.